The molecule has 34 heavy (non-hydrogen) atoms. The van der Waals surface area contributed by atoms with Crippen LogP contribution in [-0.2, 0) is 23.7 Å². The molecule has 1 heterocycles. The fraction of sp³-hybridized carbons (Fsp3) is 0.960. The summed E-state index contributed by atoms with van der Waals surface area (Å²) < 4.78 is 22.0. The van der Waals surface area contributed by atoms with Crippen LogP contribution in [0.1, 0.15) is 90.9 Å². The molecule has 6 atom stereocenters. The van der Waals surface area contributed by atoms with Crippen molar-refractivity contribution < 1.29 is 44.2 Å². The van der Waals surface area contributed by atoms with Crippen LogP contribution in [0.15, 0.2) is 0 Å². The molecule has 1 aliphatic heterocycles. The smallest absolute Gasteiger partial charge is 0.306 e. The average Bonchev–Trinajstić information content (AvgIpc) is 2.82. The summed E-state index contributed by atoms with van der Waals surface area (Å²) in [6, 6.07) is 0. The molecule has 0 radical (unpaired) electrons. The highest BCUT2D eigenvalue weighted by Gasteiger charge is 2.44. The van der Waals surface area contributed by atoms with Crippen molar-refractivity contribution in [2.45, 2.75) is 128 Å². The number of unbranched alkanes of at least 4 members (excludes halogenated alkanes) is 9. The first kappa shape index (κ1) is 31.2. The quantitative estimate of drug-likeness (QED) is 0.149. The van der Waals surface area contributed by atoms with Crippen molar-refractivity contribution in [3.63, 3.8) is 0 Å². The molecule has 0 aromatic carbocycles. The zero-order chi connectivity index (χ0) is 25.2. The van der Waals surface area contributed by atoms with Gasteiger partial charge in [0.15, 0.2) is 6.29 Å². The third kappa shape index (κ3) is 12.8. The molecule has 0 bridgehead atoms. The maximum absolute atomic E-state index is 12.0. The van der Waals surface area contributed by atoms with Gasteiger partial charge < -0.3 is 39.4 Å². The van der Waals surface area contributed by atoms with Gasteiger partial charge in [0.25, 0.3) is 0 Å². The SMILES string of the molecule is CCCCCCCCCCCCOCC(COC1OC(CO)C(O)C(O)C1O)OC(=O)CCC. The molecule has 0 aliphatic carbocycles. The third-order valence-electron chi connectivity index (χ3n) is 5.99. The highest BCUT2D eigenvalue weighted by atomic mass is 16.7. The van der Waals surface area contributed by atoms with Crippen molar-refractivity contribution in [3.8, 4) is 0 Å². The van der Waals surface area contributed by atoms with Crippen molar-refractivity contribution in [1.29, 1.82) is 0 Å². The van der Waals surface area contributed by atoms with E-state index in [1.807, 2.05) is 6.92 Å². The minimum absolute atomic E-state index is 0.115. The Kier molecular flexibility index (Phi) is 17.8. The molecular formula is C25H48O9. The van der Waals surface area contributed by atoms with Crippen LogP contribution in [-0.4, -0.2) is 89.6 Å². The molecule has 202 valence electrons. The van der Waals surface area contributed by atoms with Crippen LogP contribution in [0.5, 0.6) is 0 Å². The van der Waals surface area contributed by atoms with E-state index < -0.39 is 43.4 Å². The lowest BCUT2D eigenvalue weighted by Crippen LogP contribution is -2.59. The fourth-order valence-electron chi connectivity index (χ4n) is 3.88. The molecular weight excluding hydrogens is 444 g/mol. The molecule has 9 nitrogen and oxygen atoms in total. The Morgan fingerprint density at radius 3 is 2.03 bits per heavy atom. The number of carbonyl (C=O) groups excluding carboxylic acids is 1. The van der Waals surface area contributed by atoms with Crippen LogP contribution in [0.25, 0.3) is 0 Å². The van der Waals surface area contributed by atoms with E-state index in [2.05, 4.69) is 6.92 Å². The zero-order valence-corrected chi connectivity index (χ0v) is 21.1. The lowest BCUT2D eigenvalue weighted by molar-refractivity contribution is -0.305. The van der Waals surface area contributed by atoms with E-state index in [0.717, 1.165) is 12.8 Å². The van der Waals surface area contributed by atoms with E-state index in [-0.39, 0.29) is 25.6 Å². The standard InChI is InChI=1S/C25H48O9/c1-3-5-6-7-8-9-10-11-12-13-15-31-17-19(33-21(27)14-4-2)18-32-25-24(30)23(29)22(28)20(16-26)34-25/h19-20,22-26,28-30H,3-18H2,1-2H3. The largest absolute Gasteiger partial charge is 0.457 e. The Morgan fingerprint density at radius 1 is 0.824 bits per heavy atom. The molecule has 1 fully saturated rings. The molecule has 0 saturated carbocycles. The van der Waals surface area contributed by atoms with Crippen LogP contribution in [0.4, 0.5) is 0 Å². The molecule has 1 aliphatic rings. The normalized spacial score (nSPS) is 25.9. The summed E-state index contributed by atoms with van der Waals surface area (Å²) in [6.45, 7) is 4.15. The van der Waals surface area contributed by atoms with Crippen LogP contribution in [0, 0.1) is 0 Å². The van der Waals surface area contributed by atoms with Gasteiger partial charge in [-0.15, -0.1) is 0 Å². The van der Waals surface area contributed by atoms with Crippen molar-refractivity contribution in [2.75, 3.05) is 26.4 Å². The maximum Gasteiger partial charge on any atom is 0.306 e. The average molecular weight is 493 g/mol. The van der Waals surface area contributed by atoms with Gasteiger partial charge in [0.05, 0.1) is 19.8 Å². The molecule has 0 aromatic heterocycles. The van der Waals surface area contributed by atoms with E-state index in [1.165, 1.54) is 51.4 Å². The number of hydrogen-bond donors (Lipinski definition) is 4. The second kappa shape index (κ2) is 19.4. The Hall–Kier alpha value is -0.810. The predicted molar refractivity (Wildman–Crippen MR) is 127 cm³/mol. The van der Waals surface area contributed by atoms with Crippen LogP contribution in [0.2, 0.25) is 0 Å². The van der Waals surface area contributed by atoms with Crippen molar-refractivity contribution in [2.24, 2.45) is 0 Å². The predicted octanol–water partition coefficient (Wildman–Crippen LogP) is 2.45. The summed E-state index contributed by atoms with van der Waals surface area (Å²) in [5, 5.41) is 39.2. The summed E-state index contributed by atoms with van der Waals surface area (Å²) in [5.41, 5.74) is 0. The summed E-state index contributed by atoms with van der Waals surface area (Å²) in [7, 11) is 0. The first-order chi connectivity index (χ1) is 16.4. The Labute approximate surface area is 204 Å². The van der Waals surface area contributed by atoms with E-state index in [0.29, 0.717) is 13.0 Å². The van der Waals surface area contributed by atoms with E-state index in [9.17, 15) is 25.2 Å². The second-order valence-electron chi connectivity index (χ2n) is 9.15. The minimum Gasteiger partial charge on any atom is -0.457 e. The number of esters is 1. The van der Waals surface area contributed by atoms with E-state index in [4.69, 9.17) is 18.9 Å². The Balaban J connectivity index is 2.31. The Bertz CT molecular complexity index is 503. The highest BCUT2D eigenvalue weighted by Crippen LogP contribution is 2.22. The molecule has 0 amide bonds. The first-order valence-corrected chi connectivity index (χ1v) is 13.1. The summed E-state index contributed by atoms with van der Waals surface area (Å²) in [5.74, 6) is -0.368. The van der Waals surface area contributed by atoms with Crippen LogP contribution >= 0.6 is 0 Å². The summed E-state index contributed by atoms with van der Waals surface area (Å²) in [6.07, 6.45) is 5.75. The molecule has 0 spiro atoms. The van der Waals surface area contributed by atoms with Crippen molar-refractivity contribution in [3.05, 3.63) is 0 Å². The summed E-state index contributed by atoms with van der Waals surface area (Å²) >= 11 is 0. The Morgan fingerprint density at radius 2 is 1.44 bits per heavy atom. The molecule has 6 unspecified atom stereocenters. The summed E-state index contributed by atoms with van der Waals surface area (Å²) in [4.78, 5) is 12.0. The van der Waals surface area contributed by atoms with Crippen molar-refractivity contribution in [1.82, 2.24) is 0 Å². The molecule has 1 saturated heterocycles. The van der Waals surface area contributed by atoms with Crippen LogP contribution < -0.4 is 0 Å². The van der Waals surface area contributed by atoms with Gasteiger partial charge in [0.1, 0.15) is 30.5 Å². The van der Waals surface area contributed by atoms with Gasteiger partial charge in [-0.05, 0) is 12.8 Å². The van der Waals surface area contributed by atoms with Crippen molar-refractivity contribution >= 4 is 5.97 Å². The van der Waals surface area contributed by atoms with E-state index >= 15 is 0 Å². The second-order valence-corrected chi connectivity index (χ2v) is 9.15. The number of hydrogen-bond acceptors (Lipinski definition) is 9. The van der Waals surface area contributed by atoms with Crippen LogP contribution in [0.3, 0.4) is 0 Å². The van der Waals surface area contributed by atoms with Gasteiger partial charge in [-0.2, -0.15) is 0 Å². The van der Waals surface area contributed by atoms with Gasteiger partial charge in [-0.1, -0.05) is 71.6 Å². The fourth-order valence-corrected chi connectivity index (χ4v) is 3.88. The lowest BCUT2D eigenvalue weighted by atomic mass is 9.99. The molecule has 4 N–H and O–H groups in total. The number of rotatable bonds is 20. The number of ether oxygens (including phenoxy) is 4. The first-order valence-electron chi connectivity index (χ1n) is 13.1. The van der Waals surface area contributed by atoms with Gasteiger partial charge in [0, 0.05) is 13.0 Å². The van der Waals surface area contributed by atoms with E-state index in [1.54, 1.807) is 0 Å². The number of carbonyl (C=O) groups is 1. The maximum atomic E-state index is 12.0. The zero-order valence-electron chi connectivity index (χ0n) is 21.1. The molecule has 1 rings (SSSR count). The van der Waals surface area contributed by atoms with Gasteiger partial charge in [-0.3, -0.25) is 4.79 Å². The monoisotopic (exact) mass is 492 g/mol. The van der Waals surface area contributed by atoms with Gasteiger partial charge >= 0.3 is 5.97 Å². The van der Waals surface area contributed by atoms with Gasteiger partial charge in [-0.25, -0.2) is 0 Å². The lowest BCUT2D eigenvalue weighted by Gasteiger charge is -2.39. The topological polar surface area (TPSA) is 135 Å². The third-order valence-corrected chi connectivity index (χ3v) is 5.99. The van der Waals surface area contributed by atoms with Gasteiger partial charge in [0.2, 0.25) is 0 Å². The number of aliphatic hydroxyl groups is 4. The highest BCUT2D eigenvalue weighted by molar-refractivity contribution is 5.69. The number of aliphatic hydroxyl groups excluding tert-OH is 4. The molecule has 9 heteroatoms. The minimum atomic E-state index is -1.52. The molecule has 0 aromatic rings.